The molecule has 0 spiro atoms. The van der Waals surface area contributed by atoms with Crippen LogP contribution in [0.5, 0.6) is 0 Å². The zero-order valence-electron chi connectivity index (χ0n) is 17.8. The highest BCUT2D eigenvalue weighted by molar-refractivity contribution is 5.80. The van der Waals surface area contributed by atoms with Crippen LogP contribution < -0.4 is 5.32 Å². The number of hydrogen-bond acceptors (Lipinski definition) is 4. The van der Waals surface area contributed by atoms with E-state index < -0.39 is 6.10 Å². The first-order valence-corrected chi connectivity index (χ1v) is 10.5. The molecule has 3 rings (SSSR count). The minimum absolute atomic E-state index is 0.0568. The number of aromatic nitrogens is 2. The van der Waals surface area contributed by atoms with E-state index in [9.17, 15) is 14.7 Å². The van der Waals surface area contributed by atoms with Crippen LogP contribution in [-0.2, 0) is 16.0 Å². The number of carbonyl (C=O) groups excluding carboxylic acids is 2. The Labute approximate surface area is 171 Å². The SMILES string of the molecule is Cc1cc(C)c2nc(CCC(=O)N3CC[C@H](NC(=O)C(C)C)[C@@H](O)CC3)[nH]c2c1. The normalized spacial score (nSPS) is 20.1. The topological polar surface area (TPSA) is 98.3 Å². The van der Waals surface area contributed by atoms with Gasteiger partial charge in [-0.15, -0.1) is 0 Å². The third kappa shape index (κ3) is 5.15. The summed E-state index contributed by atoms with van der Waals surface area (Å²) in [6.07, 6.45) is 1.33. The Morgan fingerprint density at radius 2 is 2.00 bits per heavy atom. The summed E-state index contributed by atoms with van der Waals surface area (Å²) in [4.78, 5) is 34.4. The molecule has 2 amide bonds. The second kappa shape index (κ2) is 8.95. The molecule has 1 aromatic heterocycles. The van der Waals surface area contributed by atoms with E-state index in [2.05, 4.69) is 34.3 Å². The summed E-state index contributed by atoms with van der Waals surface area (Å²) in [5.74, 6) is 0.684. The van der Waals surface area contributed by atoms with Gasteiger partial charge in [-0.1, -0.05) is 19.9 Å². The molecule has 7 heteroatoms. The van der Waals surface area contributed by atoms with E-state index in [1.807, 2.05) is 20.8 Å². The van der Waals surface area contributed by atoms with Crippen LogP contribution >= 0.6 is 0 Å². The average molecular weight is 401 g/mol. The van der Waals surface area contributed by atoms with Gasteiger partial charge in [0.05, 0.1) is 23.2 Å². The molecule has 7 nitrogen and oxygen atoms in total. The highest BCUT2D eigenvalue weighted by atomic mass is 16.3. The molecular weight excluding hydrogens is 368 g/mol. The highest BCUT2D eigenvalue weighted by Crippen LogP contribution is 2.19. The second-order valence-electron chi connectivity index (χ2n) is 8.46. The number of nitrogens with one attached hydrogen (secondary N) is 2. The second-order valence-corrected chi connectivity index (χ2v) is 8.46. The van der Waals surface area contributed by atoms with Gasteiger partial charge in [-0.25, -0.2) is 4.98 Å². The van der Waals surface area contributed by atoms with Gasteiger partial charge in [0.15, 0.2) is 0 Å². The number of hydrogen-bond donors (Lipinski definition) is 3. The Morgan fingerprint density at radius 3 is 2.72 bits per heavy atom. The summed E-state index contributed by atoms with van der Waals surface area (Å²) < 4.78 is 0. The predicted molar refractivity (Wildman–Crippen MR) is 112 cm³/mol. The molecule has 1 saturated heterocycles. The molecular formula is C22H32N4O3. The lowest BCUT2D eigenvalue weighted by Crippen LogP contribution is -2.44. The van der Waals surface area contributed by atoms with Crippen LogP contribution in [0.25, 0.3) is 11.0 Å². The highest BCUT2D eigenvalue weighted by Gasteiger charge is 2.28. The van der Waals surface area contributed by atoms with Crippen LogP contribution in [0.2, 0.25) is 0 Å². The Balaban J connectivity index is 1.57. The molecule has 1 aliphatic rings. The van der Waals surface area contributed by atoms with Gasteiger partial charge in [0.2, 0.25) is 11.8 Å². The van der Waals surface area contributed by atoms with Crippen LogP contribution in [0.1, 0.15) is 50.1 Å². The van der Waals surface area contributed by atoms with E-state index in [4.69, 9.17) is 0 Å². The van der Waals surface area contributed by atoms with E-state index in [1.165, 1.54) is 5.56 Å². The lowest BCUT2D eigenvalue weighted by atomic mass is 10.1. The van der Waals surface area contributed by atoms with Crippen LogP contribution in [0.4, 0.5) is 0 Å². The molecule has 1 fully saturated rings. The third-order valence-electron chi connectivity index (χ3n) is 5.62. The van der Waals surface area contributed by atoms with E-state index >= 15 is 0 Å². The molecule has 0 radical (unpaired) electrons. The largest absolute Gasteiger partial charge is 0.391 e. The number of amides is 2. The van der Waals surface area contributed by atoms with Crippen molar-refractivity contribution in [2.24, 2.45) is 5.92 Å². The van der Waals surface area contributed by atoms with Gasteiger partial charge in [0.1, 0.15) is 5.82 Å². The Hall–Kier alpha value is -2.41. The van der Waals surface area contributed by atoms with Gasteiger partial charge < -0.3 is 20.3 Å². The lowest BCUT2D eigenvalue weighted by Gasteiger charge is -2.22. The maximum Gasteiger partial charge on any atom is 0.223 e. The zero-order chi connectivity index (χ0) is 21.1. The van der Waals surface area contributed by atoms with Crippen molar-refractivity contribution in [3.8, 4) is 0 Å². The quantitative estimate of drug-likeness (QED) is 0.717. The molecule has 1 aliphatic heterocycles. The molecule has 3 N–H and O–H groups in total. The average Bonchev–Trinajstić information content (AvgIpc) is 2.98. The summed E-state index contributed by atoms with van der Waals surface area (Å²) in [6, 6.07) is 3.88. The van der Waals surface area contributed by atoms with Crippen LogP contribution in [0.3, 0.4) is 0 Å². The Morgan fingerprint density at radius 1 is 1.28 bits per heavy atom. The van der Waals surface area contributed by atoms with Gasteiger partial charge in [0.25, 0.3) is 0 Å². The van der Waals surface area contributed by atoms with Gasteiger partial charge in [-0.2, -0.15) is 0 Å². The van der Waals surface area contributed by atoms with Gasteiger partial charge in [0, 0.05) is 31.8 Å². The van der Waals surface area contributed by atoms with Gasteiger partial charge in [-0.05, 0) is 43.9 Å². The van der Waals surface area contributed by atoms with Crippen molar-refractivity contribution in [2.45, 2.75) is 65.5 Å². The first-order chi connectivity index (χ1) is 13.7. The van der Waals surface area contributed by atoms with Gasteiger partial charge >= 0.3 is 0 Å². The maximum atomic E-state index is 12.7. The Kier molecular flexibility index (Phi) is 6.57. The van der Waals surface area contributed by atoms with Gasteiger partial charge in [-0.3, -0.25) is 9.59 Å². The predicted octanol–water partition coefficient (Wildman–Crippen LogP) is 2.24. The number of nitrogens with zero attached hydrogens (tertiary/aromatic N) is 2. The van der Waals surface area contributed by atoms with Crippen LogP contribution in [0, 0.1) is 19.8 Å². The third-order valence-corrected chi connectivity index (χ3v) is 5.62. The number of likely N-dealkylation sites (tertiary alicyclic amines) is 1. The number of aromatic amines is 1. The fourth-order valence-corrected chi connectivity index (χ4v) is 3.88. The van der Waals surface area contributed by atoms with Crippen molar-refractivity contribution >= 4 is 22.8 Å². The summed E-state index contributed by atoms with van der Waals surface area (Å²) in [5.41, 5.74) is 4.28. The van der Waals surface area contributed by atoms with Crippen molar-refractivity contribution in [1.82, 2.24) is 20.2 Å². The van der Waals surface area contributed by atoms with Crippen LogP contribution in [0.15, 0.2) is 12.1 Å². The number of rotatable bonds is 5. The monoisotopic (exact) mass is 400 g/mol. The Bertz CT molecular complexity index is 890. The fraction of sp³-hybridized carbons (Fsp3) is 0.591. The number of benzene rings is 1. The van der Waals surface area contributed by atoms with Crippen molar-refractivity contribution < 1.29 is 14.7 Å². The smallest absolute Gasteiger partial charge is 0.223 e. The summed E-state index contributed by atoms with van der Waals surface area (Å²) >= 11 is 0. The number of imidazole rings is 1. The number of aryl methyl sites for hydroxylation is 3. The molecule has 158 valence electrons. The van der Waals surface area contributed by atoms with Crippen molar-refractivity contribution in [3.05, 3.63) is 29.1 Å². The zero-order valence-corrected chi connectivity index (χ0v) is 17.8. The number of fused-ring (bicyclic) bond motifs is 1. The first-order valence-electron chi connectivity index (χ1n) is 10.5. The van der Waals surface area contributed by atoms with E-state index in [0.717, 1.165) is 22.4 Å². The van der Waals surface area contributed by atoms with Crippen molar-refractivity contribution in [3.63, 3.8) is 0 Å². The van der Waals surface area contributed by atoms with E-state index in [1.54, 1.807) is 4.90 Å². The van der Waals surface area contributed by atoms with E-state index in [-0.39, 0.29) is 23.8 Å². The number of aliphatic hydroxyl groups excluding tert-OH is 1. The first kappa shape index (κ1) is 21.3. The molecule has 0 saturated carbocycles. The van der Waals surface area contributed by atoms with E-state index in [0.29, 0.717) is 38.8 Å². The molecule has 2 aromatic rings. The number of aliphatic hydroxyl groups is 1. The molecule has 0 unspecified atom stereocenters. The molecule has 0 aliphatic carbocycles. The molecule has 2 atom stereocenters. The molecule has 2 heterocycles. The number of H-pyrrole nitrogens is 1. The van der Waals surface area contributed by atoms with Crippen molar-refractivity contribution in [1.29, 1.82) is 0 Å². The van der Waals surface area contributed by atoms with Crippen molar-refractivity contribution in [2.75, 3.05) is 13.1 Å². The van der Waals surface area contributed by atoms with Crippen LogP contribution in [-0.4, -0.2) is 57.0 Å². The summed E-state index contributed by atoms with van der Waals surface area (Å²) in [6.45, 7) is 8.80. The number of carbonyl (C=O) groups is 2. The summed E-state index contributed by atoms with van der Waals surface area (Å²) in [7, 11) is 0. The standard InChI is InChI=1S/C22H32N4O3/c1-13(2)22(29)24-16-7-9-26(10-8-18(16)27)20(28)6-5-19-23-17-12-14(3)11-15(4)21(17)25-19/h11-13,16,18,27H,5-10H2,1-4H3,(H,23,25)(H,24,29)/t16-,18-/m0/s1. The lowest BCUT2D eigenvalue weighted by molar-refractivity contribution is -0.131. The molecule has 1 aromatic carbocycles. The fourth-order valence-electron chi connectivity index (χ4n) is 3.88. The minimum atomic E-state index is -0.628. The summed E-state index contributed by atoms with van der Waals surface area (Å²) in [5, 5.41) is 13.3. The minimum Gasteiger partial charge on any atom is -0.391 e. The maximum absolute atomic E-state index is 12.7. The molecule has 0 bridgehead atoms. The molecule has 29 heavy (non-hydrogen) atoms.